The second-order valence-electron chi connectivity index (χ2n) is 2.70. The van der Waals surface area contributed by atoms with Crippen LogP contribution < -0.4 is 11.1 Å². The lowest BCUT2D eigenvalue weighted by atomic mass is 10.2. The van der Waals surface area contributed by atoms with Gasteiger partial charge in [0.1, 0.15) is 0 Å². The van der Waals surface area contributed by atoms with Crippen LogP contribution in [0.3, 0.4) is 0 Å². The summed E-state index contributed by atoms with van der Waals surface area (Å²) in [6.07, 6.45) is 1.45. The summed E-state index contributed by atoms with van der Waals surface area (Å²) in [6, 6.07) is 0. The Hall–Kier alpha value is -0.220. The highest BCUT2D eigenvalue weighted by Crippen LogP contribution is 2.17. The number of carbonyl (C=O) groups excluding carboxylic acids is 1. The maximum Gasteiger partial charge on any atom is 0.217 e. The summed E-state index contributed by atoms with van der Waals surface area (Å²) >= 11 is 1.93. The van der Waals surface area contributed by atoms with Crippen LogP contribution in [-0.4, -0.2) is 30.0 Å². The van der Waals surface area contributed by atoms with Crippen LogP contribution in [0.4, 0.5) is 0 Å². The molecule has 0 aromatic heterocycles. The third kappa shape index (κ3) is 3.62. The predicted octanol–water partition coefficient (Wildman–Crippen LogP) is -0.0431. The van der Waals surface area contributed by atoms with Gasteiger partial charge in [-0.25, -0.2) is 0 Å². The second-order valence-corrected chi connectivity index (χ2v) is 4.11. The van der Waals surface area contributed by atoms with Gasteiger partial charge in [0.15, 0.2) is 0 Å². The minimum atomic E-state index is -0.184. The second kappa shape index (κ2) is 4.62. The molecule has 1 heterocycles. The van der Waals surface area contributed by atoms with Crippen LogP contribution in [0, 0.1) is 0 Å². The first-order valence-corrected chi connectivity index (χ1v) is 4.94. The molecular weight excluding hydrogens is 160 g/mol. The smallest absolute Gasteiger partial charge is 0.217 e. The summed E-state index contributed by atoms with van der Waals surface area (Å²) in [4.78, 5) is 10.4. The lowest BCUT2D eigenvalue weighted by molar-refractivity contribution is -0.118. The van der Waals surface area contributed by atoms with Crippen LogP contribution in [0.1, 0.15) is 12.8 Å². The van der Waals surface area contributed by atoms with Crippen molar-refractivity contribution < 1.29 is 4.79 Å². The Morgan fingerprint density at radius 1 is 1.73 bits per heavy atom. The highest BCUT2D eigenvalue weighted by molar-refractivity contribution is 8.00. The van der Waals surface area contributed by atoms with E-state index in [1.54, 1.807) is 0 Å². The number of hydrogen-bond donors (Lipinski definition) is 2. The van der Waals surface area contributed by atoms with Crippen LogP contribution in [-0.2, 0) is 4.79 Å². The molecule has 11 heavy (non-hydrogen) atoms. The molecule has 3 N–H and O–H groups in total. The predicted molar refractivity (Wildman–Crippen MR) is 47.5 cm³/mol. The van der Waals surface area contributed by atoms with E-state index in [9.17, 15) is 4.79 Å². The highest BCUT2D eigenvalue weighted by Gasteiger charge is 2.13. The molecule has 0 radical (unpaired) electrons. The first-order valence-electron chi connectivity index (χ1n) is 3.89. The molecule has 1 amide bonds. The minimum Gasteiger partial charge on any atom is -0.370 e. The van der Waals surface area contributed by atoms with E-state index in [0.29, 0.717) is 11.7 Å². The molecule has 1 aliphatic rings. The lowest BCUT2D eigenvalue weighted by Gasteiger charge is -2.21. The molecule has 1 rings (SSSR count). The first kappa shape index (κ1) is 8.87. The zero-order chi connectivity index (χ0) is 8.10. The zero-order valence-corrected chi connectivity index (χ0v) is 7.32. The van der Waals surface area contributed by atoms with Gasteiger partial charge >= 0.3 is 0 Å². The van der Waals surface area contributed by atoms with Crippen molar-refractivity contribution in [3.63, 3.8) is 0 Å². The Bertz CT molecular complexity index is 134. The van der Waals surface area contributed by atoms with E-state index in [2.05, 4.69) is 5.32 Å². The Balaban J connectivity index is 2.09. The molecule has 1 unspecified atom stereocenters. The summed E-state index contributed by atoms with van der Waals surface area (Å²) in [6.45, 7) is 2.12. The maximum atomic E-state index is 10.4. The van der Waals surface area contributed by atoms with Crippen LogP contribution in [0.5, 0.6) is 0 Å². The Morgan fingerprint density at radius 2 is 2.55 bits per heavy atom. The number of thioether (sulfide) groups is 1. The summed E-state index contributed by atoms with van der Waals surface area (Å²) in [5, 5.41) is 3.88. The third-order valence-electron chi connectivity index (χ3n) is 1.72. The topological polar surface area (TPSA) is 55.1 Å². The number of carbonyl (C=O) groups is 1. The fourth-order valence-electron chi connectivity index (χ4n) is 1.11. The van der Waals surface area contributed by atoms with E-state index in [1.807, 2.05) is 11.8 Å². The summed E-state index contributed by atoms with van der Waals surface area (Å²) in [5.74, 6) is 0.972. The van der Waals surface area contributed by atoms with Crippen molar-refractivity contribution in [2.24, 2.45) is 5.73 Å². The van der Waals surface area contributed by atoms with Gasteiger partial charge in [0.2, 0.25) is 5.91 Å². The molecule has 4 heteroatoms. The average Bonchev–Trinajstić information content (AvgIpc) is 2.03. The van der Waals surface area contributed by atoms with Crippen LogP contribution in [0.2, 0.25) is 0 Å². The molecule has 0 aromatic carbocycles. The van der Waals surface area contributed by atoms with E-state index in [4.69, 9.17) is 5.73 Å². The van der Waals surface area contributed by atoms with Gasteiger partial charge in [-0.05, 0) is 6.42 Å². The average molecular weight is 174 g/mol. The maximum absolute atomic E-state index is 10.4. The molecule has 1 saturated heterocycles. The molecule has 0 saturated carbocycles. The largest absolute Gasteiger partial charge is 0.370 e. The number of primary amides is 1. The normalized spacial score (nSPS) is 24.9. The van der Waals surface area contributed by atoms with Gasteiger partial charge in [-0.2, -0.15) is 11.8 Å². The SMILES string of the molecule is NC(=O)CCC1CNCCS1. The molecule has 0 aliphatic carbocycles. The van der Waals surface area contributed by atoms with Crippen molar-refractivity contribution in [3.05, 3.63) is 0 Å². The summed E-state index contributed by atoms with van der Waals surface area (Å²) in [7, 11) is 0. The molecule has 64 valence electrons. The van der Waals surface area contributed by atoms with E-state index in [-0.39, 0.29) is 5.91 Å². The molecule has 1 atom stereocenters. The van der Waals surface area contributed by atoms with E-state index in [0.717, 1.165) is 25.3 Å². The van der Waals surface area contributed by atoms with Gasteiger partial charge in [0.25, 0.3) is 0 Å². The highest BCUT2D eigenvalue weighted by atomic mass is 32.2. The van der Waals surface area contributed by atoms with Crippen LogP contribution in [0.25, 0.3) is 0 Å². The van der Waals surface area contributed by atoms with Gasteiger partial charge in [-0.1, -0.05) is 0 Å². The molecule has 0 spiro atoms. The molecule has 0 aromatic rings. The number of nitrogens with two attached hydrogens (primary N) is 1. The van der Waals surface area contributed by atoms with Crippen molar-refractivity contribution in [2.75, 3.05) is 18.8 Å². The first-order chi connectivity index (χ1) is 5.29. The Morgan fingerprint density at radius 3 is 3.09 bits per heavy atom. The standard InChI is InChI=1S/C7H14N2OS/c8-7(10)2-1-6-5-9-3-4-11-6/h6,9H,1-5H2,(H2,8,10). The third-order valence-corrected chi connectivity index (χ3v) is 3.03. The number of nitrogens with one attached hydrogen (secondary N) is 1. The van der Waals surface area contributed by atoms with Crippen molar-refractivity contribution in [3.8, 4) is 0 Å². The number of rotatable bonds is 3. The summed E-state index contributed by atoms with van der Waals surface area (Å²) in [5.41, 5.74) is 5.04. The minimum absolute atomic E-state index is 0.184. The van der Waals surface area contributed by atoms with E-state index in [1.165, 1.54) is 0 Å². The fourth-order valence-corrected chi connectivity index (χ4v) is 2.22. The zero-order valence-electron chi connectivity index (χ0n) is 6.51. The molecule has 1 aliphatic heterocycles. The van der Waals surface area contributed by atoms with Crippen LogP contribution >= 0.6 is 11.8 Å². The van der Waals surface area contributed by atoms with E-state index >= 15 is 0 Å². The van der Waals surface area contributed by atoms with Crippen molar-refractivity contribution in [1.82, 2.24) is 5.32 Å². The molecule has 3 nitrogen and oxygen atoms in total. The summed E-state index contributed by atoms with van der Waals surface area (Å²) < 4.78 is 0. The molecule has 1 fully saturated rings. The lowest BCUT2D eigenvalue weighted by Crippen LogP contribution is -2.33. The van der Waals surface area contributed by atoms with Crippen molar-refractivity contribution >= 4 is 17.7 Å². The van der Waals surface area contributed by atoms with Gasteiger partial charge in [0.05, 0.1) is 0 Å². The number of amides is 1. The molecular formula is C7H14N2OS. The fraction of sp³-hybridized carbons (Fsp3) is 0.857. The van der Waals surface area contributed by atoms with Gasteiger partial charge in [0, 0.05) is 30.5 Å². The Kier molecular flexibility index (Phi) is 3.72. The Labute approximate surface area is 71.1 Å². The van der Waals surface area contributed by atoms with Gasteiger partial charge in [-0.3, -0.25) is 4.79 Å². The van der Waals surface area contributed by atoms with E-state index < -0.39 is 0 Å². The molecule has 0 bridgehead atoms. The monoisotopic (exact) mass is 174 g/mol. The quantitative estimate of drug-likeness (QED) is 0.631. The van der Waals surface area contributed by atoms with Crippen molar-refractivity contribution in [1.29, 1.82) is 0 Å². The van der Waals surface area contributed by atoms with Crippen LogP contribution in [0.15, 0.2) is 0 Å². The van der Waals surface area contributed by atoms with Crippen molar-refractivity contribution in [2.45, 2.75) is 18.1 Å². The van der Waals surface area contributed by atoms with Gasteiger partial charge in [-0.15, -0.1) is 0 Å². The number of hydrogen-bond acceptors (Lipinski definition) is 3. The van der Waals surface area contributed by atoms with Gasteiger partial charge < -0.3 is 11.1 Å².